The van der Waals surface area contributed by atoms with E-state index in [4.69, 9.17) is 0 Å². The van der Waals surface area contributed by atoms with Crippen LogP contribution in [0.5, 0.6) is 0 Å². The molecule has 10 rings (SSSR count). The first-order chi connectivity index (χ1) is 27.5. The molecule has 0 amide bonds. The van der Waals surface area contributed by atoms with Gasteiger partial charge in [-0.3, -0.25) is 4.98 Å². The maximum Gasteiger partial charge on any atom is 0.0462 e. The molecular weight excluding hydrogens is 677 g/mol. The smallest absolute Gasteiger partial charge is 0.0462 e. The van der Waals surface area contributed by atoms with Crippen LogP contribution in [0.4, 0.5) is 17.1 Å². The Bertz CT molecular complexity index is 2900. The Morgan fingerprint density at radius 2 is 0.786 bits per heavy atom. The fourth-order valence-electron chi connectivity index (χ4n) is 8.41. The van der Waals surface area contributed by atoms with Gasteiger partial charge in [0.2, 0.25) is 0 Å². The second-order valence-electron chi connectivity index (χ2n) is 15.3. The van der Waals surface area contributed by atoms with Gasteiger partial charge in [-0.2, -0.15) is 0 Å². The SMILES string of the molecule is CC1(C)C(c2ccc(N(c3ccc(-c4ccc(-c5ccc6ccccc6c5)cc4)cc3)c3ccc(-c4ccc5ccccc5c4)cc3)cc2)=Cc2ccncc21. The van der Waals surface area contributed by atoms with Gasteiger partial charge in [0.05, 0.1) is 0 Å². The fourth-order valence-corrected chi connectivity index (χ4v) is 8.41. The Morgan fingerprint density at radius 3 is 1.25 bits per heavy atom. The largest absolute Gasteiger partial charge is 0.311 e. The molecule has 0 saturated heterocycles. The van der Waals surface area contributed by atoms with Gasteiger partial charge in [-0.15, -0.1) is 0 Å². The predicted molar refractivity (Wildman–Crippen MR) is 238 cm³/mol. The molecule has 0 spiro atoms. The van der Waals surface area contributed by atoms with Crippen LogP contribution < -0.4 is 4.90 Å². The zero-order valence-corrected chi connectivity index (χ0v) is 31.5. The van der Waals surface area contributed by atoms with E-state index in [0.29, 0.717) is 0 Å². The topological polar surface area (TPSA) is 16.1 Å². The molecule has 1 aliphatic carbocycles. The number of hydrogen-bond donors (Lipinski definition) is 0. The average Bonchev–Trinajstić information content (AvgIpc) is 3.54. The van der Waals surface area contributed by atoms with Crippen LogP contribution in [0.2, 0.25) is 0 Å². The van der Waals surface area contributed by atoms with E-state index in [0.717, 1.165) is 17.1 Å². The minimum atomic E-state index is -0.118. The molecular formula is C54H40N2. The molecule has 9 aromatic rings. The lowest BCUT2D eigenvalue weighted by Crippen LogP contribution is -2.16. The first-order valence-corrected chi connectivity index (χ1v) is 19.3. The molecule has 0 N–H and O–H groups in total. The summed E-state index contributed by atoms with van der Waals surface area (Å²) in [7, 11) is 0. The molecule has 266 valence electrons. The number of rotatable bonds is 7. The van der Waals surface area contributed by atoms with Gasteiger partial charge >= 0.3 is 0 Å². The molecule has 0 fully saturated rings. The Morgan fingerprint density at radius 1 is 0.393 bits per heavy atom. The summed E-state index contributed by atoms with van der Waals surface area (Å²) in [6.07, 6.45) is 6.22. The number of aromatic nitrogens is 1. The monoisotopic (exact) mass is 716 g/mol. The molecule has 2 nitrogen and oxygen atoms in total. The third-order valence-corrected chi connectivity index (χ3v) is 11.6. The zero-order chi connectivity index (χ0) is 37.6. The predicted octanol–water partition coefficient (Wildman–Crippen LogP) is 14.7. The molecule has 1 heterocycles. The summed E-state index contributed by atoms with van der Waals surface area (Å²) in [5, 5.41) is 5.02. The van der Waals surface area contributed by atoms with E-state index in [-0.39, 0.29) is 5.41 Å². The highest BCUT2D eigenvalue weighted by Crippen LogP contribution is 2.47. The number of nitrogens with zero attached hydrogens (tertiary/aromatic N) is 2. The Hall–Kier alpha value is -7.03. The van der Waals surface area contributed by atoms with E-state index in [1.165, 1.54) is 77.2 Å². The highest BCUT2D eigenvalue weighted by molar-refractivity contribution is 5.94. The van der Waals surface area contributed by atoms with Gasteiger partial charge < -0.3 is 4.90 Å². The molecule has 56 heavy (non-hydrogen) atoms. The highest BCUT2D eigenvalue weighted by atomic mass is 15.1. The molecule has 1 aliphatic rings. The Kier molecular flexibility index (Phi) is 8.19. The van der Waals surface area contributed by atoms with Crippen LogP contribution >= 0.6 is 0 Å². The molecule has 0 atom stereocenters. The van der Waals surface area contributed by atoms with Crippen LogP contribution in [0.1, 0.15) is 30.5 Å². The number of hydrogen-bond acceptors (Lipinski definition) is 2. The average molecular weight is 717 g/mol. The molecule has 0 unspecified atom stereocenters. The van der Waals surface area contributed by atoms with Crippen molar-refractivity contribution >= 4 is 50.3 Å². The van der Waals surface area contributed by atoms with Crippen molar-refractivity contribution in [3.63, 3.8) is 0 Å². The van der Waals surface area contributed by atoms with Crippen LogP contribution in [-0.2, 0) is 5.41 Å². The molecule has 0 aliphatic heterocycles. The van der Waals surface area contributed by atoms with Crippen LogP contribution in [0.25, 0.3) is 66.6 Å². The molecule has 0 radical (unpaired) electrons. The lowest BCUT2D eigenvalue weighted by Gasteiger charge is -2.27. The van der Waals surface area contributed by atoms with Crippen molar-refractivity contribution in [2.45, 2.75) is 19.3 Å². The van der Waals surface area contributed by atoms with Crippen molar-refractivity contribution in [2.75, 3.05) is 4.90 Å². The Balaban J connectivity index is 0.978. The van der Waals surface area contributed by atoms with Gasteiger partial charge in [-0.25, -0.2) is 0 Å². The minimum Gasteiger partial charge on any atom is -0.311 e. The maximum absolute atomic E-state index is 4.43. The molecule has 8 aromatic carbocycles. The number of benzene rings is 8. The van der Waals surface area contributed by atoms with E-state index >= 15 is 0 Å². The first-order valence-electron chi connectivity index (χ1n) is 19.3. The Labute approximate surface area is 328 Å². The van der Waals surface area contributed by atoms with Crippen molar-refractivity contribution in [2.24, 2.45) is 0 Å². The first kappa shape index (κ1) is 33.5. The van der Waals surface area contributed by atoms with Crippen molar-refractivity contribution in [3.8, 4) is 33.4 Å². The van der Waals surface area contributed by atoms with Crippen molar-refractivity contribution in [1.29, 1.82) is 0 Å². The third-order valence-electron chi connectivity index (χ3n) is 11.6. The van der Waals surface area contributed by atoms with Gasteiger partial charge in [0, 0.05) is 34.9 Å². The summed E-state index contributed by atoms with van der Waals surface area (Å²) in [6, 6.07) is 68.5. The second kappa shape index (κ2) is 13.7. The summed E-state index contributed by atoms with van der Waals surface area (Å²) in [4.78, 5) is 6.79. The van der Waals surface area contributed by atoms with Gasteiger partial charge in [0.15, 0.2) is 0 Å². The highest BCUT2D eigenvalue weighted by Gasteiger charge is 2.33. The van der Waals surface area contributed by atoms with E-state index in [1.807, 2.05) is 12.4 Å². The number of anilines is 3. The molecule has 0 saturated carbocycles. The second-order valence-corrected chi connectivity index (χ2v) is 15.3. The fraction of sp³-hybridized carbons (Fsp3) is 0.0556. The molecule has 1 aromatic heterocycles. The normalized spacial score (nSPS) is 13.1. The van der Waals surface area contributed by atoms with E-state index in [9.17, 15) is 0 Å². The van der Waals surface area contributed by atoms with E-state index < -0.39 is 0 Å². The zero-order valence-electron chi connectivity index (χ0n) is 31.5. The quantitative estimate of drug-likeness (QED) is 0.163. The summed E-state index contributed by atoms with van der Waals surface area (Å²) < 4.78 is 0. The van der Waals surface area contributed by atoms with Gasteiger partial charge in [0.1, 0.15) is 0 Å². The molecule has 2 heteroatoms. The summed E-state index contributed by atoms with van der Waals surface area (Å²) >= 11 is 0. The van der Waals surface area contributed by atoms with Gasteiger partial charge in [-0.05, 0) is 138 Å². The number of allylic oxidation sites excluding steroid dienone is 1. The van der Waals surface area contributed by atoms with Crippen LogP contribution in [0.3, 0.4) is 0 Å². The standard InChI is InChI=1S/C54H40N2/c1-54(2)52(35-48-31-32-55-36-53(48)54)43-23-29-51(30-24-43)56(50-27-21-42(22-28-50)47-18-16-38-8-4-6-10-45(38)34-47)49-25-19-40(20-26-49)39-11-13-41(14-12-39)46-17-15-37-7-3-5-9-44(37)33-46/h3-36H,1-2H3. The van der Waals surface area contributed by atoms with Crippen LogP contribution in [-0.4, -0.2) is 4.98 Å². The minimum absolute atomic E-state index is 0.118. The maximum atomic E-state index is 4.43. The van der Waals surface area contributed by atoms with Crippen molar-refractivity contribution in [1.82, 2.24) is 4.98 Å². The lowest BCUT2D eigenvalue weighted by atomic mass is 9.79. The summed E-state index contributed by atoms with van der Waals surface area (Å²) in [6.45, 7) is 4.59. The van der Waals surface area contributed by atoms with E-state index in [2.05, 4.69) is 218 Å². The van der Waals surface area contributed by atoms with E-state index in [1.54, 1.807) is 0 Å². The van der Waals surface area contributed by atoms with Crippen LogP contribution in [0.15, 0.2) is 200 Å². The van der Waals surface area contributed by atoms with Gasteiger partial charge in [0.25, 0.3) is 0 Å². The molecule has 0 bridgehead atoms. The lowest BCUT2D eigenvalue weighted by molar-refractivity contribution is 0.700. The summed E-state index contributed by atoms with van der Waals surface area (Å²) in [5.74, 6) is 0. The summed E-state index contributed by atoms with van der Waals surface area (Å²) in [5.41, 5.74) is 15.5. The number of fused-ring (bicyclic) bond motifs is 3. The van der Waals surface area contributed by atoms with Crippen molar-refractivity contribution in [3.05, 3.63) is 217 Å². The third kappa shape index (κ3) is 6.06. The number of pyridine rings is 1. The van der Waals surface area contributed by atoms with Crippen LogP contribution in [0, 0.1) is 0 Å². The van der Waals surface area contributed by atoms with Crippen molar-refractivity contribution < 1.29 is 0 Å². The van der Waals surface area contributed by atoms with Gasteiger partial charge in [-0.1, -0.05) is 147 Å².